The predicted octanol–water partition coefficient (Wildman–Crippen LogP) is 2.98. The van der Waals surface area contributed by atoms with Gasteiger partial charge in [-0.2, -0.15) is 0 Å². The van der Waals surface area contributed by atoms with Gasteiger partial charge in [0.05, 0.1) is 20.3 Å². The minimum atomic E-state index is -0.754. The zero-order valence-corrected chi connectivity index (χ0v) is 16.2. The fourth-order valence-corrected chi connectivity index (χ4v) is 7.54. The average molecular weight is 362 g/mol. The second-order valence-corrected chi connectivity index (χ2v) is 9.02. The zero-order chi connectivity index (χ0) is 18.7. The van der Waals surface area contributed by atoms with Crippen LogP contribution in [-0.4, -0.2) is 39.4 Å². The SMILES string of the molecule is COC[C@@]12C[C@@H]3[C@H](C)CC[C@H]3[C@@]3(COC(C)=O)C[C@@H]1C=C[C@]32C(=O)OC. The lowest BCUT2D eigenvalue weighted by Gasteiger charge is -2.58. The van der Waals surface area contributed by atoms with E-state index in [4.69, 9.17) is 14.2 Å². The molecule has 0 aliphatic heterocycles. The summed E-state index contributed by atoms with van der Waals surface area (Å²) in [5.74, 6) is 1.36. The topological polar surface area (TPSA) is 61.8 Å². The van der Waals surface area contributed by atoms with Gasteiger partial charge in [0.2, 0.25) is 0 Å². The molecular weight excluding hydrogens is 332 g/mol. The van der Waals surface area contributed by atoms with Crippen LogP contribution in [0.15, 0.2) is 12.2 Å². The maximum Gasteiger partial charge on any atom is 0.317 e. The van der Waals surface area contributed by atoms with Gasteiger partial charge in [-0.3, -0.25) is 9.59 Å². The van der Waals surface area contributed by atoms with Gasteiger partial charge < -0.3 is 14.2 Å². The lowest BCUT2D eigenvalue weighted by atomic mass is 9.45. The molecule has 3 saturated carbocycles. The molecule has 4 rings (SSSR count). The third-order valence-electron chi connectivity index (χ3n) is 8.38. The standard InChI is InChI=1S/C21H30O5/c1-13-5-6-17-16(13)10-19(11-24-3)15-7-8-21(19,18(23)25-4)20(17,9-15)12-26-14(2)22/h7-8,13,15-17H,5-6,9-12H2,1-4H3/t13-,15+,16-,17-,19+,20+,21-/m1/s1. The maximum absolute atomic E-state index is 13.3. The van der Waals surface area contributed by atoms with Crippen LogP contribution in [0.5, 0.6) is 0 Å². The Morgan fingerprint density at radius 1 is 1.12 bits per heavy atom. The molecule has 26 heavy (non-hydrogen) atoms. The van der Waals surface area contributed by atoms with E-state index < -0.39 is 5.41 Å². The molecule has 0 spiro atoms. The average Bonchev–Trinajstić information content (AvgIpc) is 3.18. The van der Waals surface area contributed by atoms with E-state index in [-0.39, 0.29) is 28.7 Å². The maximum atomic E-state index is 13.3. The van der Waals surface area contributed by atoms with E-state index in [1.54, 1.807) is 7.11 Å². The van der Waals surface area contributed by atoms with Gasteiger partial charge in [0.25, 0.3) is 0 Å². The highest BCUT2D eigenvalue weighted by Gasteiger charge is 2.82. The van der Waals surface area contributed by atoms with Crippen molar-refractivity contribution in [3.05, 3.63) is 12.2 Å². The van der Waals surface area contributed by atoms with Crippen LogP contribution in [0.1, 0.15) is 39.5 Å². The second-order valence-electron chi connectivity index (χ2n) is 9.02. The predicted molar refractivity (Wildman–Crippen MR) is 95.1 cm³/mol. The summed E-state index contributed by atoms with van der Waals surface area (Å²) in [5, 5.41) is 0. The highest BCUT2D eigenvalue weighted by Crippen LogP contribution is 2.80. The molecule has 0 amide bonds. The number of carbonyl (C=O) groups excluding carboxylic acids is 2. The van der Waals surface area contributed by atoms with Crippen molar-refractivity contribution in [1.82, 2.24) is 0 Å². The number of rotatable bonds is 5. The number of hydrogen-bond acceptors (Lipinski definition) is 5. The minimum absolute atomic E-state index is 0.184. The third-order valence-corrected chi connectivity index (χ3v) is 8.38. The van der Waals surface area contributed by atoms with Gasteiger partial charge in [-0.25, -0.2) is 0 Å². The van der Waals surface area contributed by atoms with Gasteiger partial charge in [0.1, 0.15) is 5.41 Å². The zero-order valence-electron chi connectivity index (χ0n) is 16.2. The van der Waals surface area contributed by atoms with Crippen molar-refractivity contribution in [1.29, 1.82) is 0 Å². The van der Waals surface area contributed by atoms with Gasteiger partial charge in [-0.1, -0.05) is 25.5 Å². The fraction of sp³-hybridized carbons (Fsp3) is 0.810. The van der Waals surface area contributed by atoms with E-state index in [0.717, 1.165) is 19.3 Å². The molecule has 7 atom stereocenters. The quantitative estimate of drug-likeness (QED) is 0.556. The summed E-state index contributed by atoms with van der Waals surface area (Å²) in [6.07, 6.45) is 8.42. The van der Waals surface area contributed by atoms with Crippen molar-refractivity contribution in [3.63, 3.8) is 0 Å². The Labute approximate surface area is 155 Å². The summed E-state index contributed by atoms with van der Waals surface area (Å²) in [5.41, 5.74) is -1.41. The normalized spacial score (nSPS) is 47.7. The molecule has 0 N–H and O–H groups in total. The molecule has 0 aromatic rings. The highest BCUT2D eigenvalue weighted by atomic mass is 16.5. The Balaban J connectivity index is 1.90. The van der Waals surface area contributed by atoms with Crippen molar-refractivity contribution in [2.45, 2.75) is 39.5 Å². The first-order valence-electron chi connectivity index (χ1n) is 9.78. The molecule has 4 bridgehead atoms. The van der Waals surface area contributed by atoms with Crippen LogP contribution in [0.2, 0.25) is 0 Å². The first-order valence-corrected chi connectivity index (χ1v) is 9.78. The van der Waals surface area contributed by atoms with E-state index in [2.05, 4.69) is 19.1 Å². The van der Waals surface area contributed by atoms with Crippen LogP contribution < -0.4 is 0 Å². The summed E-state index contributed by atoms with van der Waals surface area (Å²) in [7, 11) is 3.19. The van der Waals surface area contributed by atoms with Gasteiger partial charge in [0.15, 0.2) is 0 Å². The molecule has 0 unspecified atom stereocenters. The Bertz CT molecular complexity index is 657. The summed E-state index contributed by atoms with van der Waals surface area (Å²) < 4.78 is 16.7. The van der Waals surface area contributed by atoms with Crippen LogP contribution in [0.25, 0.3) is 0 Å². The van der Waals surface area contributed by atoms with Gasteiger partial charge in [-0.15, -0.1) is 0 Å². The number of methoxy groups -OCH3 is 2. The van der Waals surface area contributed by atoms with Crippen molar-refractivity contribution in [3.8, 4) is 0 Å². The van der Waals surface area contributed by atoms with Crippen LogP contribution >= 0.6 is 0 Å². The van der Waals surface area contributed by atoms with Crippen molar-refractivity contribution in [2.24, 2.45) is 39.9 Å². The monoisotopic (exact) mass is 362 g/mol. The van der Waals surface area contributed by atoms with Crippen LogP contribution in [0, 0.1) is 39.9 Å². The number of fused-ring (bicyclic) bond motifs is 2. The van der Waals surface area contributed by atoms with Crippen LogP contribution in [0.4, 0.5) is 0 Å². The Morgan fingerprint density at radius 2 is 1.88 bits per heavy atom. The number of esters is 2. The molecular formula is C21H30O5. The van der Waals surface area contributed by atoms with Crippen molar-refractivity contribution >= 4 is 11.9 Å². The lowest BCUT2D eigenvalue weighted by molar-refractivity contribution is -0.195. The molecule has 0 aromatic heterocycles. The molecule has 0 radical (unpaired) electrons. The molecule has 4 aliphatic rings. The van der Waals surface area contributed by atoms with E-state index in [1.165, 1.54) is 20.5 Å². The fourth-order valence-electron chi connectivity index (χ4n) is 7.54. The number of allylic oxidation sites excluding steroid dienone is 1. The largest absolute Gasteiger partial charge is 0.468 e. The second kappa shape index (κ2) is 5.82. The van der Waals surface area contributed by atoms with Crippen molar-refractivity contribution in [2.75, 3.05) is 27.4 Å². The summed E-state index contributed by atoms with van der Waals surface area (Å²) in [6, 6.07) is 0. The van der Waals surface area contributed by atoms with Gasteiger partial charge in [-0.05, 0) is 42.9 Å². The van der Waals surface area contributed by atoms with E-state index in [9.17, 15) is 9.59 Å². The Morgan fingerprint density at radius 3 is 2.54 bits per heavy atom. The highest BCUT2D eigenvalue weighted by molar-refractivity contribution is 5.84. The molecule has 0 saturated heterocycles. The minimum Gasteiger partial charge on any atom is -0.468 e. The Hall–Kier alpha value is -1.36. The van der Waals surface area contributed by atoms with Gasteiger partial charge in [0, 0.05) is 24.9 Å². The molecule has 3 fully saturated rings. The van der Waals surface area contributed by atoms with Crippen LogP contribution in [-0.2, 0) is 23.8 Å². The number of ether oxygens (including phenoxy) is 3. The van der Waals surface area contributed by atoms with E-state index in [0.29, 0.717) is 31.0 Å². The van der Waals surface area contributed by atoms with E-state index >= 15 is 0 Å². The number of carbonyl (C=O) groups is 2. The van der Waals surface area contributed by atoms with Gasteiger partial charge >= 0.3 is 11.9 Å². The molecule has 0 heterocycles. The van der Waals surface area contributed by atoms with E-state index in [1.807, 2.05) is 0 Å². The first-order chi connectivity index (χ1) is 12.4. The molecule has 4 aliphatic carbocycles. The number of hydrogen-bond donors (Lipinski definition) is 0. The van der Waals surface area contributed by atoms with Crippen LogP contribution in [0.3, 0.4) is 0 Å². The molecule has 0 aromatic carbocycles. The summed E-state index contributed by atoms with van der Waals surface area (Å²) in [6.45, 7) is 4.62. The summed E-state index contributed by atoms with van der Waals surface area (Å²) in [4.78, 5) is 25.0. The summed E-state index contributed by atoms with van der Waals surface area (Å²) >= 11 is 0. The molecule has 5 heteroatoms. The molecule has 5 nitrogen and oxygen atoms in total. The van der Waals surface area contributed by atoms with Crippen molar-refractivity contribution < 1.29 is 23.8 Å². The Kier molecular flexibility index (Phi) is 4.03. The third kappa shape index (κ3) is 1.85. The first kappa shape index (κ1) is 18.0. The lowest BCUT2D eigenvalue weighted by Crippen LogP contribution is -2.62. The molecule has 144 valence electrons. The smallest absolute Gasteiger partial charge is 0.317 e.